The summed E-state index contributed by atoms with van der Waals surface area (Å²) < 4.78 is 24.4. The summed E-state index contributed by atoms with van der Waals surface area (Å²) in [6.45, 7) is 0. The molecule has 0 saturated carbocycles. The van der Waals surface area contributed by atoms with Gasteiger partial charge in [0.05, 0.1) is 4.90 Å². The van der Waals surface area contributed by atoms with Crippen LogP contribution in [0.2, 0.25) is 0 Å². The standard InChI is InChI=1S/C8H12BNO2S/c1-10(2)13(11,12)8-5-3-4-7(9)6-8/h3-6H,9H2,1-2H3. The normalized spacial score (nSPS) is 11.9. The molecule has 13 heavy (non-hydrogen) atoms. The molecule has 0 radical (unpaired) electrons. The van der Waals surface area contributed by atoms with Gasteiger partial charge in [-0.25, -0.2) is 12.7 Å². The Hall–Kier alpha value is -0.805. The molecule has 0 unspecified atom stereocenters. The lowest BCUT2D eigenvalue weighted by Crippen LogP contribution is -2.23. The predicted molar refractivity (Wildman–Crippen MR) is 55.5 cm³/mol. The number of hydrogen-bond acceptors (Lipinski definition) is 2. The van der Waals surface area contributed by atoms with Gasteiger partial charge in [0.1, 0.15) is 7.85 Å². The monoisotopic (exact) mass is 197 g/mol. The molecule has 0 aromatic heterocycles. The molecule has 3 nitrogen and oxygen atoms in total. The van der Waals surface area contributed by atoms with Crippen molar-refractivity contribution >= 4 is 23.3 Å². The van der Waals surface area contributed by atoms with Crippen LogP contribution in [0.15, 0.2) is 29.2 Å². The van der Waals surface area contributed by atoms with Gasteiger partial charge < -0.3 is 0 Å². The lowest BCUT2D eigenvalue weighted by atomic mass is 9.97. The highest BCUT2D eigenvalue weighted by Gasteiger charge is 2.16. The molecular weight excluding hydrogens is 185 g/mol. The van der Waals surface area contributed by atoms with E-state index in [-0.39, 0.29) is 0 Å². The molecule has 0 saturated heterocycles. The fourth-order valence-corrected chi connectivity index (χ4v) is 1.99. The maximum absolute atomic E-state index is 11.6. The van der Waals surface area contributed by atoms with Crippen molar-refractivity contribution < 1.29 is 8.42 Å². The Morgan fingerprint density at radius 3 is 2.38 bits per heavy atom. The molecule has 0 aliphatic heterocycles. The van der Waals surface area contributed by atoms with Crippen LogP contribution in [-0.4, -0.2) is 34.7 Å². The van der Waals surface area contributed by atoms with Gasteiger partial charge >= 0.3 is 0 Å². The van der Waals surface area contributed by atoms with Crippen LogP contribution in [0.1, 0.15) is 0 Å². The summed E-state index contributed by atoms with van der Waals surface area (Å²) in [6, 6.07) is 6.87. The Kier molecular flexibility index (Phi) is 2.78. The van der Waals surface area contributed by atoms with E-state index in [0.29, 0.717) is 4.90 Å². The summed E-state index contributed by atoms with van der Waals surface area (Å²) in [5.41, 5.74) is 0.947. The largest absolute Gasteiger partial charge is 0.242 e. The molecule has 1 rings (SSSR count). The first-order chi connectivity index (χ1) is 5.94. The minimum atomic E-state index is -3.27. The number of rotatable bonds is 2. The van der Waals surface area contributed by atoms with Crippen molar-refractivity contribution in [3.63, 3.8) is 0 Å². The molecular formula is C8H12BNO2S. The van der Waals surface area contributed by atoms with Crippen molar-refractivity contribution in [2.24, 2.45) is 0 Å². The molecule has 0 N–H and O–H groups in total. The van der Waals surface area contributed by atoms with Crippen molar-refractivity contribution in [3.05, 3.63) is 24.3 Å². The average molecular weight is 197 g/mol. The van der Waals surface area contributed by atoms with Gasteiger partial charge in [-0.2, -0.15) is 0 Å². The first-order valence-corrected chi connectivity index (χ1v) is 5.38. The molecule has 0 atom stereocenters. The molecule has 0 amide bonds. The van der Waals surface area contributed by atoms with Crippen LogP contribution in [0.5, 0.6) is 0 Å². The van der Waals surface area contributed by atoms with Crippen LogP contribution in [-0.2, 0) is 10.0 Å². The molecule has 0 aliphatic carbocycles. The van der Waals surface area contributed by atoms with E-state index >= 15 is 0 Å². The Labute approximate surface area is 79.8 Å². The number of benzene rings is 1. The van der Waals surface area contributed by atoms with Gasteiger partial charge in [0.15, 0.2) is 0 Å². The van der Waals surface area contributed by atoms with Gasteiger partial charge in [-0.15, -0.1) is 0 Å². The molecule has 1 aromatic rings. The van der Waals surface area contributed by atoms with E-state index in [0.717, 1.165) is 5.46 Å². The number of sulfonamides is 1. The van der Waals surface area contributed by atoms with E-state index < -0.39 is 10.0 Å². The second-order valence-electron chi connectivity index (χ2n) is 3.10. The van der Waals surface area contributed by atoms with Crippen molar-refractivity contribution in [2.75, 3.05) is 14.1 Å². The summed E-state index contributed by atoms with van der Waals surface area (Å²) in [5.74, 6) is 0. The molecule has 0 fully saturated rings. The van der Waals surface area contributed by atoms with Crippen molar-refractivity contribution in [1.82, 2.24) is 4.31 Å². The van der Waals surface area contributed by atoms with Gasteiger partial charge in [-0.1, -0.05) is 17.6 Å². The fourth-order valence-electron chi connectivity index (χ4n) is 0.987. The maximum Gasteiger partial charge on any atom is 0.242 e. The Balaban J connectivity index is 3.24. The van der Waals surface area contributed by atoms with Gasteiger partial charge in [0.2, 0.25) is 10.0 Å². The summed E-state index contributed by atoms with van der Waals surface area (Å²) in [5, 5.41) is 0. The number of nitrogens with zero attached hydrogens (tertiary/aromatic N) is 1. The zero-order chi connectivity index (χ0) is 10.1. The van der Waals surface area contributed by atoms with Crippen LogP contribution >= 0.6 is 0 Å². The third kappa shape index (κ3) is 2.11. The maximum atomic E-state index is 11.6. The van der Waals surface area contributed by atoms with E-state index in [2.05, 4.69) is 0 Å². The topological polar surface area (TPSA) is 37.4 Å². The van der Waals surface area contributed by atoms with E-state index in [1.807, 2.05) is 13.9 Å². The molecule has 1 aromatic carbocycles. The molecule has 0 bridgehead atoms. The molecule has 0 spiro atoms. The third-order valence-corrected chi connectivity index (χ3v) is 3.58. The molecule has 0 heterocycles. The third-order valence-electron chi connectivity index (χ3n) is 1.77. The second-order valence-corrected chi connectivity index (χ2v) is 5.26. The first kappa shape index (κ1) is 10.3. The van der Waals surface area contributed by atoms with Crippen LogP contribution < -0.4 is 5.46 Å². The summed E-state index contributed by atoms with van der Waals surface area (Å²) >= 11 is 0. The zero-order valence-corrected chi connectivity index (χ0v) is 8.80. The molecule has 70 valence electrons. The average Bonchev–Trinajstić information content (AvgIpc) is 2.04. The van der Waals surface area contributed by atoms with Crippen LogP contribution in [0, 0.1) is 0 Å². The van der Waals surface area contributed by atoms with Gasteiger partial charge in [-0.05, 0) is 12.1 Å². The predicted octanol–water partition coefficient (Wildman–Crippen LogP) is -0.805. The van der Waals surface area contributed by atoms with E-state index in [1.165, 1.54) is 18.4 Å². The SMILES string of the molecule is Bc1cccc(S(=O)(=O)N(C)C)c1. The quantitative estimate of drug-likeness (QED) is 0.582. The number of hydrogen-bond donors (Lipinski definition) is 0. The van der Waals surface area contributed by atoms with Gasteiger partial charge in [0.25, 0.3) is 0 Å². The highest BCUT2D eigenvalue weighted by Crippen LogP contribution is 2.09. The van der Waals surface area contributed by atoms with Crippen LogP contribution in [0.25, 0.3) is 0 Å². The summed E-state index contributed by atoms with van der Waals surface area (Å²) in [6.07, 6.45) is 0. The molecule has 5 heteroatoms. The zero-order valence-electron chi connectivity index (χ0n) is 7.98. The molecule has 0 aliphatic rings. The van der Waals surface area contributed by atoms with Crippen LogP contribution in [0.4, 0.5) is 0 Å². The Morgan fingerprint density at radius 1 is 1.31 bits per heavy atom. The smallest absolute Gasteiger partial charge is 0.207 e. The van der Waals surface area contributed by atoms with E-state index in [9.17, 15) is 8.42 Å². The minimum absolute atomic E-state index is 0.345. The highest BCUT2D eigenvalue weighted by atomic mass is 32.2. The lowest BCUT2D eigenvalue weighted by Gasteiger charge is -2.11. The van der Waals surface area contributed by atoms with Crippen LogP contribution in [0.3, 0.4) is 0 Å². The van der Waals surface area contributed by atoms with E-state index in [4.69, 9.17) is 0 Å². The Morgan fingerprint density at radius 2 is 1.92 bits per heavy atom. The minimum Gasteiger partial charge on any atom is -0.207 e. The van der Waals surface area contributed by atoms with Gasteiger partial charge in [0, 0.05) is 14.1 Å². The van der Waals surface area contributed by atoms with Crippen molar-refractivity contribution in [1.29, 1.82) is 0 Å². The lowest BCUT2D eigenvalue weighted by molar-refractivity contribution is 0.521. The Bertz CT molecular complexity index is 400. The summed E-state index contributed by atoms with van der Waals surface area (Å²) in [7, 11) is 1.65. The van der Waals surface area contributed by atoms with Gasteiger partial charge in [-0.3, -0.25) is 0 Å². The highest BCUT2D eigenvalue weighted by molar-refractivity contribution is 7.89. The van der Waals surface area contributed by atoms with Crippen molar-refractivity contribution in [3.8, 4) is 0 Å². The van der Waals surface area contributed by atoms with Crippen molar-refractivity contribution in [2.45, 2.75) is 4.90 Å². The summed E-state index contributed by atoms with van der Waals surface area (Å²) in [4.78, 5) is 0.345. The van der Waals surface area contributed by atoms with E-state index in [1.54, 1.807) is 18.2 Å². The fraction of sp³-hybridized carbons (Fsp3) is 0.250. The first-order valence-electron chi connectivity index (χ1n) is 3.94. The second kappa shape index (κ2) is 3.51.